The van der Waals surface area contributed by atoms with Crippen LogP contribution in [0.15, 0.2) is 0 Å². The van der Waals surface area contributed by atoms with Crippen LogP contribution in [0.1, 0.15) is 33.1 Å². The van der Waals surface area contributed by atoms with Gasteiger partial charge in [-0.15, -0.1) is 0 Å². The summed E-state index contributed by atoms with van der Waals surface area (Å²) in [6.45, 7) is 5.18. The Labute approximate surface area is 101 Å². The number of carbonyl (C=O) groups excluding carboxylic acids is 1. The lowest BCUT2D eigenvalue weighted by Crippen LogP contribution is -2.54. The van der Waals surface area contributed by atoms with Crippen molar-refractivity contribution >= 4 is 12.0 Å². The maximum atomic E-state index is 11.6. The Hall–Kier alpha value is -1.30. The van der Waals surface area contributed by atoms with E-state index in [0.717, 1.165) is 25.9 Å². The Kier molecular flexibility index (Phi) is 5.21. The lowest BCUT2D eigenvalue weighted by Gasteiger charge is -2.28. The van der Waals surface area contributed by atoms with Gasteiger partial charge in [0.25, 0.3) is 0 Å². The van der Waals surface area contributed by atoms with E-state index in [1.165, 1.54) is 6.42 Å². The molecule has 0 radical (unpaired) electrons. The maximum Gasteiger partial charge on any atom is 0.330 e. The molecule has 6 nitrogen and oxygen atoms in total. The van der Waals surface area contributed by atoms with Gasteiger partial charge in [0.2, 0.25) is 0 Å². The van der Waals surface area contributed by atoms with E-state index in [2.05, 4.69) is 10.7 Å². The van der Waals surface area contributed by atoms with Crippen molar-refractivity contribution in [2.24, 2.45) is 5.92 Å². The Morgan fingerprint density at radius 3 is 2.24 bits per heavy atom. The first kappa shape index (κ1) is 13.8. The van der Waals surface area contributed by atoms with Crippen molar-refractivity contribution in [2.75, 3.05) is 13.1 Å². The average Bonchev–Trinajstić information content (AvgIpc) is 2.26. The Bertz CT molecular complexity index is 275. The number of rotatable bonds is 4. The molecule has 0 saturated carbocycles. The molecule has 0 spiro atoms. The van der Waals surface area contributed by atoms with E-state index in [0.29, 0.717) is 0 Å². The molecular weight excluding hydrogens is 222 g/mol. The van der Waals surface area contributed by atoms with E-state index in [1.807, 2.05) is 5.01 Å². The number of carboxylic acids is 1. The lowest BCUT2D eigenvalue weighted by atomic mass is 10.1. The fourth-order valence-corrected chi connectivity index (χ4v) is 1.84. The van der Waals surface area contributed by atoms with Crippen molar-refractivity contribution in [3.05, 3.63) is 0 Å². The zero-order valence-electron chi connectivity index (χ0n) is 10.4. The van der Waals surface area contributed by atoms with E-state index in [-0.39, 0.29) is 5.92 Å². The summed E-state index contributed by atoms with van der Waals surface area (Å²) in [4.78, 5) is 22.5. The van der Waals surface area contributed by atoms with Crippen molar-refractivity contribution in [3.8, 4) is 0 Å². The van der Waals surface area contributed by atoms with Gasteiger partial charge in [0.15, 0.2) is 0 Å². The molecule has 1 fully saturated rings. The number of hydrogen-bond acceptors (Lipinski definition) is 3. The molecule has 1 atom stereocenters. The number of urea groups is 1. The highest BCUT2D eigenvalue weighted by molar-refractivity contribution is 5.82. The van der Waals surface area contributed by atoms with Crippen LogP contribution in [-0.4, -0.2) is 41.2 Å². The molecule has 0 aromatic carbocycles. The van der Waals surface area contributed by atoms with E-state index < -0.39 is 18.0 Å². The second kappa shape index (κ2) is 6.44. The smallest absolute Gasteiger partial charge is 0.330 e. The first-order chi connectivity index (χ1) is 8.00. The van der Waals surface area contributed by atoms with Crippen LogP contribution in [-0.2, 0) is 4.79 Å². The minimum absolute atomic E-state index is 0.139. The Morgan fingerprint density at radius 2 is 1.76 bits per heavy atom. The zero-order chi connectivity index (χ0) is 12.8. The molecule has 2 amide bonds. The van der Waals surface area contributed by atoms with Crippen LogP contribution in [0.2, 0.25) is 0 Å². The Balaban J connectivity index is 2.38. The third kappa shape index (κ3) is 4.60. The number of nitrogens with one attached hydrogen (secondary N) is 2. The molecule has 0 bridgehead atoms. The summed E-state index contributed by atoms with van der Waals surface area (Å²) in [5, 5.41) is 13.2. The largest absolute Gasteiger partial charge is 0.480 e. The molecule has 0 unspecified atom stereocenters. The van der Waals surface area contributed by atoms with Crippen LogP contribution < -0.4 is 10.7 Å². The fraction of sp³-hybridized carbons (Fsp3) is 0.818. The van der Waals surface area contributed by atoms with Gasteiger partial charge in [0.05, 0.1) is 0 Å². The third-order valence-electron chi connectivity index (χ3n) is 2.84. The first-order valence-electron chi connectivity index (χ1n) is 6.05. The normalized spacial score (nSPS) is 18.8. The minimum atomic E-state index is -1.01. The molecule has 1 aliphatic heterocycles. The first-order valence-corrected chi connectivity index (χ1v) is 6.05. The van der Waals surface area contributed by atoms with Crippen molar-refractivity contribution in [1.29, 1.82) is 0 Å². The van der Waals surface area contributed by atoms with Crippen LogP contribution in [0.25, 0.3) is 0 Å². The van der Waals surface area contributed by atoms with Crippen LogP contribution >= 0.6 is 0 Å². The maximum absolute atomic E-state index is 11.6. The van der Waals surface area contributed by atoms with Crippen molar-refractivity contribution in [1.82, 2.24) is 15.8 Å². The summed E-state index contributed by atoms with van der Waals surface area (Å²) in [5.41, 5.74) is 2.68. The van der Waals surface area contributed by atoms with Crippen molar-refractivity contribution in [2.45, 2.75) is 39.2 Å². The van der Waals surface area contributed by atoms with Gasteiger partial charge < -0.3 is 10.4 Å². The summed E-state index contributed by atoms with van der Waals surface area (Å²) in [5.74, 6) is -1.14. The molecule has 3 N–H and O–H groups in total. The molecule has 1 saturated heterocycles. The number of carboxylic acid groups (broad SMARTS) is 1. The van der Waals surface area contributed by atoms with Gasteiger partial charge in [0.1, 0.15) is 6.04 Å². The van der Waals surface area contributed by atoms with Gasteiger partial charge in [0, 0.05) is 13.1 Å². The molecule has 0 aromatic rings. The highest BCUT2D eigenvalue weighted by Gasteiger charge is 2.24. The second-order valence-electron chi connectivity index (χ2n) is 4.69. The molecule has 0 aromatic heterocycles. The number of amides is 2. The standard InChI is InChI=1S/C11H21N3O3/c1-8(2)9(10(15)16)12-11(17)13-14-6-4-3-5-7-14/h8-9H,3-7H2,1-2H3,(H,15,16)(H2,12,13,17)/t9-/m1/s1. The second-order valence-corrected chi connectivity index (χ2v) is 4.69. The molecule has 1 rings (SSSR count). The third-order valence-corrected chi connectivity index (χ3v) is 2.84. The fourth-order valence-electron chi connectivity index (χ4n) is 1.84. The van der Waals surface area contributed by atoms with Gasteiger partial charge in [-0.1, -0.05) is 20.3 Å². The summed E-state index contributed by atoms with van der Waals surface area (Å²) in [6.07, 6.45) is 3.31. The summed E-state index contributed by atoms with van der Waals surface area (Å²) in [7, 11) is 0. The van der Waals surface area contributed by atoms with Gasteiger partial charge in [-0.2, -0.15) is 0 Å². The quantitative estimate of drug-likeness (QED) is 0.682. The lowest BCUT2D eigenvalue weighted by molar-refractivity contribution is -0.140. The molecule has 98 valence electrons. The summed E-state index contributed by atoms with van der Waals surface area (Å²) in [6, 6.07) is -1.28. The number of carbonyl (C=O) groups is 2. The van der Waals surface area contributed by atoms with Crippen molar-refractivity contribution in [3.63, 3.8) is 0 Å². The highest BCUT2D eigenvalue weighted by atomic mass is 16.4. The SMILES string of the molecule is CC(C)[C@@H](NC(=O)NN1CCCCC1)C(=O)O. The van der Waals surface area contributed by atoms with Gasteiger partial charge in [-0.25, -0.2) is 14.6 Å². The molecule has 0 aliphatic carbocycles. The van der Waals surface area contributed by atoms with E-state index >= 15 is 0 Å². The van der Waals surface area contributed by atoms with E-state index in [9.17, 15) is 9.59 Å². The molecular formula is C11H21N3O3. The average molecular weight is 243 g/mol. The molecule has 17 heavy (non-hydrogen) atoms. The van der Waals surface area contributed by atoms with Gasteiger partial charge in [-0.3, -0.25) is 5.43 Å². The zero-order valence-corrected chi connectivity index (χ0v) is 10.4. The number of aliphatic carboxylic acids is 1. The predicted octanol–water partition coefficient (Wildman–Crippen LogP) is 0.796. The van der Waals surface area contributed by atoms with E-state index in [4.69, 9.17) is 5.11 Å². The highest BCUT2D eigenvalue weighted by Crippen LogP contribution is 2.06. The summed E-state index contributed by atoms with van der Waals surface area (Å²) < 4.78 is 0. The van der Waals surface area contributed by atoms with Gasteiger partial charge in [-0.05, 0) is 18.8 Å². The van der Waals surface area contributed by atoms with Crippen LogP contribution in [0.4, 0.5) is 4.79 Å². The number of piperidine rings is 1. The minimum Gasteiger partial charge on any atom is -0.480 e. The molecule has 1 aliphatic rings. The van der Waals surface area contributed by atoms with Crippen LogP contribution in [0.3, 0.4) is 0 Å². The topological polar surface area (TPSA) is 81.7 Å². The molecule has 1 heterocycles. The Morgan fingerprint density at radius 1 is 1.18 bits per heavy atom. The number of hydrazine groups is 1. The molecule has 6 heteroatoms. The van der Waals surface area contributed by atoms with Crippen LogP contribution in [0.5, 0.6) is 0 Å². The van der Waals surface area contributed by atoms with Crippen LogP contribution in [0, 0.1) is 5.92 Å². The monoisotopic (exact) mass is 243 g/mol. The van der Waals surface area contributed by atoms with E-state index in [1.54, 1.807) is 13.8 Å². The number of nitrogens with zero attached hydrogens (tertiary/aromatic N) is 1. The van der Waals surface area contributed by atoms with Gasteiger partial charge >= 0.3 is 12.0 Å². The predicted molar refractivity (Wildman–Crippen MR) is 63.4 cm³/mol. The van der Waals surface area contributed by atoms with Crippen molar-refractivity contribution < 1.29 is 14.7 Å². The summed E-state index contributed by atoms with van der Waals surface area (Å²) >= 11 is 0. The number of hydrogen-bond donors (Lipinski definition) is 3.